The van der Waals surface area contributed by atoms with Crippen LogP contribution < -0.4 is 26.8 Å². The van der Waals surface area contributed by atoms with Crippen LogP contribution in [0.25, 0.3) is 0 Å². The smallest absolute Gasteiger partial charge is 0.330 e. The first-order chi connectivity index (χ1) is 28.1. The molecule has 1 aliphatic heterocycles. The summed E-state index contributed by atoms with van der Waals surface area (Å²) >= 11 is 0. The minimum atomic E-state index is -1.65. The Labute approximate surface area is 340 Å². The summed E-state index contributed by atoms with van der Waals surface area (Å²) in [5.74, 6) is -5.68. The molecule has 0 aliphatic carbocycles. The fourth-order valence-electron chi connectivity index (χ4n) is 6.75. The van der Waals surface area contributed by atoms with Crippen LogP contribution in [-0.4, -0.2) is 73.8 Å². The van der Waals surface area contributed by atoms with E-state index in [2.05, 4.69) is 26.8 Å². The minimum absolute atomic E-state index is 0.000468. The molecule has 16 nitrogen and oxygen atoms in total. The molecule has 2 unspecified atom stereocenters. The van der Waals surface area contributed by atoms with Crippen molar-refractivity contribution in [3.8, 4) is 0 Å². The molecule has 1 saturated heterocycles. The van der Waals surface area contributed by atoms with Gasteiger partial charge < -0.3 is 31.1 Å². The number of imide groups is 1. The van der Waals surface area contributed by atoms with Gasteiger partial charge in [-0.25, -0.2) is 24.7 Å². The number of carboxylic acids is 2. The van der Waals surface area contributed by atoms with Crippen molar-refractivity contribution in [1.29, 1.82) is 0 Å². The first-order valence-electron chi connectivity index (χ1n) is 18.9. The van der Waals surface area contributed by atoms with Crippen LogP contribution >= 0.6 is 0 Å². The van der Waals surface area contributed by atoms with Crippen molar-refractivity contribution in [3.05, 3.63) is 131 Å². The molecule has 0 spiro atoms. The van der Waals surface area contributed by atoms with Gasteiger partial charge in [-0.05, 0) is 66.6 Å². The molecule has 5 rings (SSSR count). The van der Waals surface area contributed by atoms with Gasteiger partial charge in [0.05, 0.1) is 6.42 Å². The van der Waals surface area contributed by atoms with Gasteiger partial charge in [0.25, 0.3) is 11.8 Å². The monoisotopic (exact) mass is 805 g/mol. The Kier molecular flexibility index (Phi) is 13.8. The van der Waals surface area contributed by atoms with Gasteiger partial charge >= 0.3 is 24.0 Å². The van der Waals surface area contributed by atoms with Gasteiger partial charge in [0.1, 0.15) is 17.6 Å². The lowest BCUT2D eigenvalue weighted by Crippen LogP contribution is -2.58. The Hall–Kier alpha value is -7.07. The third kappa shape index (κ3) is 10.3. The highest BCUT2D eigenvalue weighted by atomic mass is 16.4. The van der Waals surface area contributed by atoms with E-state index in [-0.39, 0.29) is 24.4 Å². The number of hydrazine groups is 1. The summed E-state index contributed by atoms with van der Waals surface area (Å²) in [7, 11) is 0. The minimum Gasteiger partial charge on any atom is -0.481 e. The van der Waals surface area contributed by atoms with Crippen LogP contribution in [0.5, 0.6) is 0 Å². The van der Waals surface area contributed by atoms with E-state index in [0.717, 1.165) is 10.5 Å². The first-order valence-corrected chi connectivity index (χ1v) is 18.9. The van der Waals surface area contributed by atoms with E-state index < -0.39 is 71.8 Å². The largest absolute Gasteiger partial charge is 0.481 e. The fourth-order valence-corrected chi connectivity index (χ4v) is 6.75. The SMILES string of the molecule is Cc1ccccc1NC(=O)Nc1ccc(CN2C(=O)N(C(CC(C)C)C(=O)NN[C@@H](CC(=O)O)C(=O)N[C@H](C(=O)O)c3ccccc3)C(=O)C2(C)c2ccccc2)cc1. The van der Waals surface area contributed by atoms with Gasteiger partial charge in [-0.15, -0.1) is 0 Å². The van der Waals surface area contributed by atoms with E-state index in [4.69, 9.17) is 0 Å². The number of aliphatic carboxylic acids is 2. The van der Waals surface area contributed by atoms with Crippen LogP contribution in [0.3, 0.4) is 0 Å². The average Bonchev–Trinajstić information content (AvgIpc) is 3.39. The average molecular weight is 806 g/mol. The molecule has 0 radical (unpaired) electrons. The molecule has 0 bridgehead atoms. The molecule has 1 heterocycles. The lowest BCUT2D eigenvalue weighted by Gasteiger charge is -2.32. The molecule has 1 fully saturated rings. The van der Waals surface area contributed by atoms with Gasteiger partial charge in [0.15, 0.2) is 6.04 Å². The fraction of sp³-hybridized carbons (Fsp3) is 0.279. The summed E-state index contributed by atoms with van der Waals surface area (Å²) in [6.45, 7) is 6.99. The molecule has 16 heteroatoms. The van der Waals surface area contributed by atoms with Gasteiger partial charge in [-0.3, -0.25) is 24.6 Å². The molecular formula is C43H47N7O9. The summed E-state index contributed by atoms with van der Waals surface area (Å²) in [6.07, 6.45) is -0.852. The zero-order valence-electron chi connectivity index (χ0n) is 33.0. The van der Waals surface area contributed by atoms with Crippen LogP contribution in [0.15, 0.2) is 109 Å². The first kappa shape index (κ1) is 43.1. The number of anilines is 2. The maximum absolute atomic E-state index is 14.6. The highest BCUT2D eigenvalue weighted by Gasteiger charge is 2.58. The van der Waals surface area contributed by atoms with Crippen molar-refractivity contribution in [1.82, 2.24) is 26.0 Å². The van der Waals surface area contributed by atoms with E-state index in [1.54, 1.807) is 99.6 Å². The highest BCUT2D eigenvalue weighted by Crippen LogP contribution is 2.40. The van der Waals surface area contributed by atoms with E-state index in [1.165, 1.54) is 17.0 Å². The number of amides is 7. The van der Waals surface area contributed by atoms with Crippen molar-refractivity contribution in [3.63, 3.8) is 0 Å². The molecule has 59 heavy (non-hydrogen) atoms. The second-order valence-electron chi connectivity index (χ2n) is 14.7. The number of hydrogen-bond donors (Lipinski definition) is 7. The molecule has 4 aromatic rings. The molecule has 1 aliphatic rings. The number of carbonyl (C=O) groups is 7. The number of nitrogens with one attached hydrogen (secondary N) is 5. The number of carboxylic acid groups (broad SMARTS) is 2. The number of urea groups is 2. The highest BCUT2D eigenvalue weighted by molar-refractivity contribution is 6.10. The van der Waals surface area contributed by atoms with Crippen molar-refractivity contribution in [2.45, 2.75) is 70.7 Å². The predicted octanol–water partition coefficient (Wildman–Crippen LogP) is 5.14. The maximum atomic E-state index is 14.6. The number of rotatable bonds is 17. The van der Waals surface area contributed by atoms with Crippen molar-refractivity contribution >= 4 is 53.1 Å². The normalized spacial score (nSPS) is 16.6. The van der Waals surface area contributed by atoms with Gasteiger partial charge in [-0.2, -0.15) is 0 Å². The maximum Gasteiger partial charge on any atom is 0.330 e. The number of para-hydroxylation sites is 1. The summed E-state index contributed by atoms with van der Waals surface area (Å²) < 4.78 is 0. The zero-order valence-corrected chi connectivity index (χ0v) is 33.0. The summed E-state index contributed by atoms with van der Waals surface area (Å²) in [6, 6.07) is 24.7. The third-order valence-corrected chi connectivity index (χ3v) is 9.93. The van der Waals surface area contributed by atoms with Gasteiger partial charge in [0, 0.05) is 17.9 Å². The molecular weight excluding hydrogens is 759 g/mol. The second-order valence-corrected chi connectivity index (χ2v) is 14.7. The number of carbonyl (C=O) groups excluding carboxylic acids is 5. The van der Waals surface area contributed by atoms with E-state index in [0.29, 0.717) is 22.5 Å². The Balaban J connectivity index is 1.37. The quantitative estimate of drug-likeness (QED) is 0.0549. The Morgan fingerprint density at radius 1 is 0.763 bits per heavy atom. The number of hydrogen-bond acceptors (Lipinski definition) is 8. The molecule has 0 saturated carbocycles. The molecule has 7 amide bonds. The third-order valence-electron chi connectivity index (χ3n) is 9.93. The van der Waals surface area contributed by atoms with Crippen molar-refractivity contribution in [2.75, 3.05) is 10.6 Å². The van der Waals surface area contributed by atoms with Crippen LogP contribution in [-0.2, 0) is 36.1 Å². The topological polar surface area (TPSA) is 227 Å². The summed E-state index contributed by atoms with van der Waals surface area (Å²) in [4.78, 5) is 95.3. The predicted molar refractivity (Wildman–Crippen MR) is 217 cm³/mol. The Bertz CT molecular complexity index is 2180. The van der Waals surface area contributed by atoms with Crippen molar-refractivity contribution < 1.29 is 43.8 Å². The summed E-state index contributed by atoms with van der Waals surface area (Å²) in [5, 5.41) is 27.3. The number of nitrogens with zero attached hydrogens (tertiary/aromatic N) is 2. The van der Waals surface area contributed by atoms with Crippen LogP contribution in [0.1, 0.15) is 61.9 Å². The number of aryl methyl sites for hydroxylation is 1. The lowest BCUT2D eigenvalue weighted by molar-refractivity contribution is -0.144. The zero-order chi connectivity index (χ0) is 42.9. The second kappa shape index (κ2) is 18.9. The summed E-state index contributed by atoms with van der Waals surface area (Å²) in [5.41, 5.74) is 6.52. The lowest BCUT2D eigenvalue weighted by atomic mass is 9.89. The van der Waals surface area contributed by atoms with E-state index in [9.17, 15) is 43.8 Å². The van der Waals surface area contributed by atoms with Crippen LogP contribution in [0.2, 0.25) is 0 Å². The van der Waals surface area contributed by atoms with Crippen molar-refractivity contribution in [2.24, 2.45) is 5.92 Å². The molecule has 4 aromatic carbocycles. The van der Waals surface area contributed by atoms with Gasteiger partial charge in [0.2, 0.25) is 5.91 Å². The van der Waals surface area contributed by atoms with Crippen LogP contribution in [0, 0.1) is 12.8 Å². The Morgan fingerprint density at radius 3 is 1.97 bits per heavy atom. The van der Waals surface area contributed by atoms with E-state index in [1.807, 2.05) is 25.1 Å². The molecule has 0 aromatic heterocycles. The van der Waals surface area contributed by atoms with Crippen LogP contribution in [0.4, 0.5) is 21.0 Å². The van der Waals surface area contributed by atoms with Gasteiger partial charge in [-0.1, -0.05) is 105 Å². The Morgan fingerprint density at radius 2 is 1.37 bits per heavy atom. The standard InChI is InChI=1S/C43H47N7O9/c1-26(2)23-34(38(54)48-47-33(24-35(51)52)37(53)46-36(39(55)56)29-14-7-5-8-15-29)50-40(57)43(4,30-16-9-6-10-17-30)49(42(50)59)25-28-19-21-31(22-20-28)44-41(58)45-32-18-12-11-13-27(32)3/h5-22,26,33-34,36,47H,23-25H2,1-4H3,(H,46,53)(H,48,54)(H,51,52)(H,55,56)(H2,44,45,58)/t33-,34?,36-,43?/m0/s1. The number of benzene rings is 4. The molecule has 4 atom stereocenters. The molecule has 7 N–H and O–H groups in total. The van der Waals surface area contributed by atoms with E-state index >= 15 is 0 Å². The molecule has 308 valence electrons.